The minimum atomic E-state index is -0.0389. The lowest BCUT2D eigenvalue weighted by molar-refractivity contribution is 0.661. The van der Waals surface area contributed by atoms with Crippen LogP contribution < -0.4 is 4.90 Å². The molecule has 8 aromatic rings. The first-order valence-electron chi connectivity index (χ1n) is 16.1. The van der Waals surface area contributed by atoms with Gasteiger partial charge < -0.3 is 4.90 Å². The van der Waals surface area contributed by atoms with Crippen LogP contribution in [0.5, 0.6) is 0 Å². The van der Waals surface area contributed by atoms with Gasteiger partial charge in [0.1, 0.15) is 0 Å². The van der Waals surface area contributed by atoms with Crippen molar-refractivity contribution in [2.75, 3.05) is 4.90 Å². The lowest BCUT2D eigenvalue weighted by atomic mass is 9.81. The van der Waals surface area contributed by atoms with E-state index in [-0.39, 0.29) is 5.41 Å². The Hall–Kier alpha value is -5.66. The van der Waals surface area contributed by atoms with Crippen LogP contribution in [0.3, 0.4) is 0 Å². The lowest BCUT2D eigenvalue weighted by Gasteiger charge is -2.27. The van der Waals surface area contributed by atoms with Crippen LogP contribution in [0.2, 0.25) is 0 Å². The van der Waals surface area contributed by atoms with Crippen molar-refractivity contribution in [1.29, 1.82) is 0 Å². The first-order valence-corrected chi connectivity index (χ1v) is 16.1. The van der Waals surface area contributed by atoms with Gasteiger partial charge in [-0.15, -0.1) is 0 Å². The number of fused-ring (bicyclic) bond motifs is 7. The maximum Gasteiger partial charge on any atom is 0.0540 e. The highest BCUT2D eigenvalue weighted by Crippen LogP contribution is 2.51. The van der Waals surface area contributed by atoms with E-state index in [0.717, 1.165) is 11.4 Å². The molecule has 8 aromatic carbocycles. The molecule has 0 amide bonds. The predicted octanol–water partition coefficient (Wildman–Crippen LogP) is 12.6. The summed E-state index contributed by atoms with van der Waals surface area (Å²) in [6.45, 7) is 4.72. The molecular weight excluding hydrogens is 555 g/mol. The molecule has 0 saturated carbocycles. The number of benzene rings is 8. The molecule has 218 valence electrons. The Morgan fingerprint density at radius 2 is 1.09 bits per heavy atom. The Morgan fingerprint density at radius 3 is 1.93 bits per heavy atom. The number of rotatable bonds is 4. The first kappa shape index (κ1) is 26.7. The minimum absolute atomic E-state index is 0.0389. The van der Waals surface area contributed by atoms with Crippen LogP contribution in [-0.4, -0.2) is 0 Å². The van der Waals surface area contributed by atoms with E-state index in [2.05, 4.69) is 183 Å². The molecular formula is C45H33N. The fourth-order valence-corrected chi connectivity index (χ4v) is 7.64. The monoisotopic (exact) mass is 587 g/mol. The van der Waals surface area contributed by atoms with E-state index in [1.54, 1.807) is 0 Å². The van der Waals surface area contributed by atoms with Crippen molar-refractivity contribution in [2.24, 2.45) is 0 Å². The van der Waals surface area contributed by atoms with E-state index in [9.17, 15) is 0 Å². The third-order valence-electron chi connectivity index (χ3n) is 10.0. The maximum absolute atomic E-state index is 2.46. The molecule has 0 spiro atoms. The van der Waals surface area contributed by atoms with Gasteiger partial charge in [-0.1, -0.05) is 129 Å². The molecule has 0 saturated heterocycles. The second kappa shape index (κ2) is 10.2. The average molecular weight is 588 g/mol. The Kier molecular flexibility index (Phi) is 5.92. The minimum Gasteiger partial charge on any atom is -0.310 e. The van der Waals surface area contributed by atoms with Crippen molar-refractivity contribution in [3.05, 3.63) is 175 Å². The Balaban J connectivity index is 1.20. The fourth-order valence-electron chi connectivity index (χ4n) is 7.64. The van der Waals surface area contributed by atoms with Crippen LogP contribution >= 0.6 is 0 Å². The molecule has 0 aromatic heterocycles. The van der Waals surface area contributed by atoms with Gasteiger partial charge in [0, 0.05) is 22.2 Å². The largest absolute Gasteiger partial charge is 0.310 e. The summed E-state index contributed by atoms with van der Waals surface area (Å²) < 4.78 is 0. The van der Waals surface area contributed by atoms with E-state index in [0.29, 0.717) is 0 Å². The summed E-state index contributed by atoms with van der Waals surface area (Å²) >= 11 is 0. The zero-order chi connectivity index (χ0) is 30.8. The molecule has 1 aliphatic rings. The number of nitrogens with zero attached hydrogens (tertiary/aromatic N) is 1. The first-order chi connectivity index (χ1) is 22.6. The summed E-state index contributed by atoms with van der Waals surface area (Å²) in [5.74, 6) is 0. The van der Waals surface area contributed by atoms with Crippen molar-refractivity contribution in [3.63, 3.8) is 0 Å². The van der Waals surface area contributed by atoms with Crippen molar-refractivity contribution >= 4 is 49.4 Å². The highest BCUT2D eigenvalue weighted by Gasteiger charge is 2.35. The van der Waals surface area contributed by atoms with Crippen molar-refractivity contribution in [1.82, 2.24) is 0 Å². The van der Waals surface area contributed by atoms with Crippen molar-refractivity contribution < 1.29 is 0 Å². The second-order valence-corrected chi connectivity index (χ2v) is 13.0. The standard InChI is InChI=1S/C45H33N/c1-45(2)42-17-9-8-15-38(42)41-28-34-23-26-39-37(40(34)29-43(41)45)16-10-18-44(39)46(35-13-4-3-5-14-35)36-24-21-31(22-25-36)33-20-19-30-11-6-7-12-32(30)27-33/h3-29H,1-2H3. The van der Waals surface area contributed by atoms with Crippen LogP contribution in [0.15, 0.2) is 164 Å². The predicted molar refractivity (Wildman–Crippen MR) is 197 cm³/mol. The van der Waals surface area contributed by atoms with Gasteiger partial charge >= 0.3 is 0 Å². The topological polar surface area (TPSA) is 3.24 Å². The average Bonchev–Trinajstić information content (AvgIpc) is 3.33. The summed E-state index contributed by atoms with van der Waals surface area (Å²) in [6, 6.07) is 60.1. The maximum atomic E-state index is 2.46. The van der Waals surface area contributed by atoms with Gasteiger partial charge in [-0.2, -0.15) is 0 Å². The number of anilines is 3. The van der Waals surface area contributed by atoms with Gasteiger partial charge in [0.2, 0.25) is 0 Å². The summed E-state index contributed by atoms with van der Waals surface area (Å²) in [5.41, 5.74) is 11.4. The molecule has 0 aliphatic heterocycles. The zero-order valence-electron chi connectivity index (χ0n) is 26.0. The van der Waals surface area contributed by atoms with E-state index >= 15 is 0 Å². The molecule has 1 heteroatoms. The fraction of sp³-hybridized carbons (Fsp3) is 0.0667. The van der Waals surface area contributed by atoms with Crippen molar-refractivity contribution in [2.45, 2.75) is 19.3 Å². The lowest BCUT2D eigenvalue weighted by Crippen LogP contribution is -2.14. The van der Waals surface area contributed by atoms with Crippen LogP contribution in [-0.2, 0) is 5.41 Å². The number of hydrogen-bond acceptors (Lipinski definition) is 1. The van der Waals surface area contributed by atoms with Crippen LogP contribution in [0.25, 0.3) is 54.6 Å². The van der Waals surface area contributed by atoms with Gasteiger partial charge in [0.05, 0.1) is 5.69 Å². The normalized spacial score (nSPS) is 13.2. The highest BCUT2D eigenvalue weighted by atomic mass is 15.1. The molecule has 0 bridgehead atoms. The Bertz CT molecular complexity index is 2430. The third kappa shape index (κ3) is 4.09. The van der Waals surface area contributed by atoms with Crippen LogP contribution in [0.1, 0.15) is 25.0 Å². The second-order valence-electron chi connectivity index (χ2n) is 13.0. The number of para-hydroxylation sites is 1. The summed E-state index contributed by atoms with van der Waals surface area (Å²) in [7, 11) is 0. The zero-order valence-corrected chi connectivity index (χ0v) is 26.0. The molecule has 1 aliphatic carbocycles. The molecule has 0 heterocycles. The Morgan fingerprint density at radius 1 is 0.391 bits per heavy atom. The van der Waals surface area contributed by atoms with Gasteiger partial charge in [0.25, 0.3) is 0 Å². The summed E-state index contributed by atoms with van der Waals surface area (Å²) in [4.78, 5) is 2.39. The van der Waals surface area contributed by atoms with E-state index < -0.39 is 0 Å². The van der Waals surface area contributed by atoms with Gasteiger partial charge in [0.15, 0.2) is 0 Å². The highest BCUT2D eigenvalue weighted by molar-refractivity contribution is 6.14. The smallest absolute Gasteiger partial charge is 0.0540 e. The molecule has 0 radical (unpaired) electrons. The van der Waals surface area contributed by atoms with Gasteiger partial charge in [-0.05, 0) is 109 Å². The van der Waals surface area contributed by atoms with Gasteiger partial charge in [-0.3, -0.25) is 0 Å². The summed E-state index contributed by atoms with van der Waals surface area (Å²) in [6.07, 6.45) is 0. The molecule has 0 atom stereocenters. The Labute approximate surface area is 270 Å². The van der Waals surface area contributed by atoms with Gasteiger partial charge in [-0.25, -0.2) is 0 Å². The van der Waals surface area contributed by atoms with Crippen molar-refractivity contribution in [3.8, 4) is 22.3 Å². The molecule has 9 rings (SSSR count). The molecule has 0 N–H and O–H groups in total. The molecule has 46 heavy (non-hydrogen) atoms. The number of hydrogen-bond donors (Lipinski definition) is 0. The van der Waals surface area contributed by atoms with E-state index in [4.69, 9.17) is 0 Å². The van der Waals surface area contributed by atoms with Crippen LogP contribution in [0, 0.1) is 0 Å². The van der Waals surface area contributed by atoms with E-state index in [1.807, 2.05) is 0 Å². The summed E-state index contributed by atoms with van der Waals surface area (Å²) in [5, 5.41) is 7.63. The van der Waals surface area contributed by atoms with E-state index in [1.165, 1.54) is 71.4 Å². The molecule has 1 nitrogen and oxygen atoms in total. The molecule has 0 fully saturated rings. The third-order valence-corrected chi connectivity index (χ3v) is 10.0. The van der Waals surface area contributed by atoms with Crippen LogP contribution in [0.4, 0.5) is 17.1 Å². The quantitative estimate of drug-likeness (QED) is 0.185. The SMILES string of the molecule is CC1(C)c2ccccc2-c2cc3ccc4c(N(c5ccccc5)c5ccc(-c6ccc7ccccc7c6)cc5)cccc4c3cc21. The molecule has 0 unspecified atom stereocenters.